The number of amides is 1. The molecule has 8 heteroatoms. The summed E-state index contributed by atoms with van der Waals surface area (Å²) in [7, 11) is 0. The maximum absolute atomic E-state index is 12.0. The molecule has 0 atom stereocenters. The first-order valence-electron chi connectivity index (χ1n) is 7.82. The van der Waals surface area contributed by atoms with Crippen molar-refractivity contribution in [2.45, 2.75) is 25.2 Å². The molecule has 2 aromatic heterocycles. The monoisotopic (exact) mass is 374 g/mol. The SMILES string of the molecule is CCn1c(SCC(=O)NCc2cccs2)nnc1-c1ccc(O)cc1. The maximum Gasteiger partial charge on any atom is 0.230 e. The molecule has 0 saturated carbocycles. The Kier molecular flexibility index (Phi) is 5.72. The summed E-state index contributed by atoms with van der Waals surface area (Å²) in [6, 6.07) is 10.8. The average Bonchev–Trinajstić information content (AvgIpc) is 3.28. The van der Waals surface area contributed by atoms with Crippen molar-refractivity contribution in [2.24, 2.45) is 0 Å². The quantitative estimate of drug-likeness (QED) is 0.621. The molecule has 0 radical (unpaired) electrons. The van der Waals surface area contributed by atoms with E-state index in [0.717, 1.165) is 16.3 Å². The molecule has 0 fully saturated rings. The van der Waals surface area contributed by atoms with Crippen LogP contribution >= 0.6 is 23.1 Å². The second kappa shape index (κ2) is 8.17. The fourth-order valence-corrected chi connectivity index (χ4v) is 3.76. The lowest BCUT2D eigenvalue weighted by Crippen LogP contribution is -2.24. The Balaban J connectivity index is 1.62. The van der Waals surface area contributed by atoms with Crippen molar-refractivity contribution in [3.05, 3.63) is 46.7 Å². The summed E-state index contributed by atoms with van der Waals surface area (Å²) in [6.07, 6.45) is 0. The van der Waals surface area contributed by atoms with E-state index >= 15 is 0 Å². The highest BCUT2D eigenvalue weighted by Gasteiger charge is 2.14. The van der Waals surface area contributed by atoms with Crippen LogP contribution in [0.1, 0.15) is 11.8 Å². The Morgan fingerprint density at radius 2 is 2.08 bits per heavy atom. The molecule has 0 bridgehead atoms. The number of rotatable bonds is 7. The minimum absolute atomic E-state index is 0.0322. The van der Waals surface area contributed by atoms with Gasteiger partial charge in [0.15, 0.2) is 11.0 Å². The third kappa shape index (κ3) is 4.40. The van der Waals surface area contributed by atoms with Crippen LogP contribution < -0.4 is 5.32 Å². The zero-order valence-corrected chi connectivity index (χ0v) is 15.3. The molecule has 0 aliphatic rings. The topological polar surface area (TPSA) is 80.0 Å². The summed E-state index contributed by atoms with van der Waals surface area (Å²) in [5.74, 6) is 1.20. The molecule has 3 aromatic rings. The van der Waals surface area contributed by atoms with E-state index in [9.17, 15) is 9.90 Å². The predicted molar refractivity (Wildman–Crippen MR) is 99.7 cm³/mol. The van der Waals surface area contributed by atoms with Gasteiger partial charge in [0, 0.05) is 17.0 Å². The second-order valence-electron chi connectivity index (χ2n) is 5.24. The van der Waals surface area contributed by atoms with Crippen molar-refractivity contribution >= 4 is 29.0 Å². The lowest BCUT2D eigenvalue weighted by molar-refractivity contribution is -0.118. The standard InChI is InChI=1S/C17H18N4O2S2/c1-2-21-16(12-5-7-13(22)8-6-12)19-20-17(21)25-11-15(23)18-10-14-4-3-9-24-14/h3-9,22H,2,10-11H2,1H3,(H,18,23). The Labute approximate surface area is 153 Å². The lowest BCUT2D eigenvalue weighted by Gasteiger charge is -2.07. The van der Waals surface area contributed by atoms with E-state index in [1.807, 2.05) is 29.0 Å². The summed E-state index contributed by atoms with van der Waals surface area (Å²) in [5.41, 5.74) is 0.876. The number of thioether (sulfide) groups is 1. The Morgan fingerprint density at radius 3 is 2.76 bits per heavy atom. The van der Waals surface area contributed by atoms with Gasteiger partial charge in [0.2, 0.25) is 5.91 Å². The largest absolute Gasteiger partial charge is 0.508 e. The summed E-state index contributed by atoms with van der Waals surface area (Å²) >= 11 is 2.99. The molecule has 25 heavy (non-hydrogen) atoms. The molecule has 0 aliphatic carbocycles. The number of hydrogen-bond donors (Lipinski definition) is 2. The fourth-order valence-electron chi connectivity index (χ4n) is 2.28. The lowest BCUT2D eigenvalue weighted by atomic mass is 10.2. The van der Waals surface area contributed by atoms with Gasteiger partial charge in [-0.2, -0.15) is 0 Å². The van der Waals surface area contributed by atoms with Crippen molar-refractivity contribution in [1.82, 2.24) is 20.1 Å². The van der Waals surface area contributed by atoms with E-state index in [1.54, 1.807) is 35.6 Å². The van der Waals surface area contributed by atoms with Crippen LogP contribution in [0.25, 0.3) is 11.4 Å². The molecule has 2 N–H and O–H groups in total. The number of carbonyl (C=O) groups excluding carboxylic acids is 1. The first-order valence-corrected chi connectivity index (χ1v) is 9.68. The van der Waals surface area contributed by atoms with Gasteiger partial charge in [0.05, 0.1) is 12.3 Å². The summed E-state index contributed by atoms with van der Waals surface area (Å²) in [4.78, 5) is 13.1. The summed E-state index contributed by atoms with van der Waals surface area (Å²) < 4.78 is 1.96. The second-order valence-corrected chi connectivity index (χ2v) is 7.22. The zero-order chi connectivity index (χ0) is 17.6. The van der Waals surface area contributed by atoms with Gasteiger partial charge in [-0.25, -0.2) is 0 Å². The van der Waals surface area contributed by atoms with Crippen LogP contribution in [0.15, 0.2) is 46.9 Å². The Morgan fingerprint density at radius 1 is 1.28 bits per heavy atom. The normalized spacial score (nSPS) is 10.8. The van der Waals surface area contributed by atoms with Gasteiger partial charge < -0.3 is 15.0 Å². The van der Waals surface area contributed by atoms with Crippen LogP contribution in [0.5, 0.6) is 5.75 Å². The number of aromatic nitrogens is 3. The predicted octanol–water partition coefficient (Wildman–Crippen LogP) is 3.14. The van der Waals surface area contributed by atoms with Crippen LogP contribution in [-0.4, -0.2) is 31.5 Å². The third-order valence-electron chi connectivity index (χ3n) is 3.53. The van der Waals surface area contributed by atoms with E-state index in [-0.39, 0.29) is 11.7 Å². The molecular formula is C17H18N4O2S2. The van der Waals surface area contributed by atoms with Crippen molar-refractivity contribution in [3.8, 4) is 17.1 Å². The number of hydrogen-bond acceptors (Lipinski definition) is 6. The molecule has 6 nitrogen and oxygen atoms in total. The van der Waals surface area contributed by atoms with Crippen LogP contribution in [-0.2, 0) is 17.9 Å². The maximum atomic E-state index is 12.0. The van der Waals surface area contributed by atoms with Crippen molar-refractivity contribution in [2.75, 3.05) is 5.75 Å². The van der Waals surface area contributed by atoms with E-state index in [0.29, 0.717) is 24.0 Å². The minimum Gasteiger partial charge on any atom is -0.508 e. The number of nitrogens with zero attached hydrogens (tertiary/aromatic N) is 3. The van der Waals surface area contributed by atoms with Crippen LogP contribution in [0, 0.1) is 0 Å². The molecule has 0 aliphatic heterocycles. The summed E-state index contributed by atoms with van der Waals surface area (Å²) in [5, 5.41) is 23.4. The van der Waals surface area contributed by atoms with Crippen LogP contribution in [0.3, 0.4) is 0 Å². The highest BCUT2D eigenvalue weighted by molar-refractivity contribution is 7.99. The molecule has 1 amide bonds. The summed E-state index contributed by atoms with van der Waals surface area (Å²) in [6.45, 7) is 3.26. The number of aromatic hydroxyl groups is 1. The Hall–Kier alpha value is -2.32. The minimum atomic E-state index is -0.0322. The van der Waals surface area contributed by atoms with Gasteiger partial charge in [0.1, 0.15) is 5.75 Å². The van der Waals surface area contributed by atoms with Crippen LogP contribution in [0.2, 0.25) is 0 Å². The van der Waals surface area contributed by atoms with E-state index in [4.69, 9.17) is 0 Å². The number of nitrogens with one attached hydrogen (secondary N) is 1. The molecule has 1 aromatic carbocycles. The number of benzene rings is 1. The van der Waals surface area contributed by atoms with E-state index in [2.05, 4.69) is 15.5 Å². The number of carbonyl (C=O) groups is 1. The number of thiophene rings is 1. The van der Waals surface area contributed by atoms with Gasteiger partial charge in [-0.15, -0.1) is 21.5 Å². The van der Waals surface area contributed by atoms with Gasteiger partial charge >= 0.3 is 0 Å². The molecule has 0 saturated heterocycles. The Bertz CT molecular complexity index is 829. The highest BCUT2D eigenvalue weighted by Crippen LogP contribution is 2.25. The smallest absolute Gasteiger partial charge is 0.230 e. The molecule has 3 rings (SSSR count). The molecule has 2 heterocycles. The number of phenolic OH excluding ortho intramolecular Hbond substituents is 1. The van der Waals surface area contributed by atoms with Crippen molar-refractivity contribution < 1.29 is 9.90 Å². The molecule has 0 spiro atoms. The van der Waals surface area contributed by atoms with E-state index < -0.39 is 0 Å². The van der Waals surface area contributed by atoms with Crippen molar-refractivity contribution in [3.63, 3.8) is 0 Å². The van der Waals surface area contributed by atoms with Gasteiger partial charge in [-0.1, -0.05) is 17.8 Å². The molecule has 0 unspecified atom stereocenters. The number of phenols is 1. The van der Waals surface area contributed by atoms with Gasteiger partial charge in [-0.3, -0.25) is 4.79 Å². The average molecular weight is 374 g/mol. The van der Waals surface area contributed by atoms with Gasteiger partial charge in [0.25, 0.3) is 0 Å². The highest BCUT2D eigenvalue weighted by atomic mass is 32.2. The van der Waals surface area contributed by atoms with E-state index in [1.165, 1.54) is 11.8 Å². The zero-order valence-electron chi connectivity index (χ0n) is 13.7. The van der Waals surface area contributed by atoms with Gasteiger partial charge in [-0.05, 0) is 42.6 Å². The fraction of sp³-hybridized carbons (Fsp3) is 0.235. The molecule has 130 valence electrons. The third-order valence-corrected chi connectivity index (χ3v) is 5.37. The molecular weight excluding hydrogens is 356 g/mol. The van der Waals surface area contributed by atoms with Crippen molar-refractivity contribution in [1.29, 1.82) is 0 Å². The van der Waals surface area contributed by atoms with Crippen LogP contribution in [0.4, 0.5) is 0 Å². The first kappa shape index (κ1) is 17.5. The first-order chi connectivity index (χ1) is 12.2.